The second kappa shape index (κ2) is 5.94. The highest BCUT2D eigenvalue weighted by molar-refractivity contribution is 7.99. The fourth-order valence-corrected chi connectivity index (χ4v) is 2.83. The van der Waals surface area contributed by atoms with Gasteiger partial charge < -0.3 is 9.64 Å². The Labute approximate surface area is 101 Å². The first-order valence-corrected chi connectivity index (χ1v) is 6.09. The van der Waals surface area contributed by atoms with E-state index in [1.807, 2.05) is 4.90 Å². The number of nitrogens with one attached hydrogen (secondary N) is 1. The van der Waals surface area contributed by atoms with Gasteiger partial charge in [0.05, 0.1) is 12.1 Å². The number of hydrogen-bond acceptors (Lipinski definition) is 4. The minimum atomic E-state index is 0. The fourth-order valence-electron chi connectivity index (χ4n) is 1.89. The minimum Gasteiger partial charge on any atom is -0.380 e. The SMILES string of the molecule is CO[C@@H]1CCN(C(=O)C2CSCN2)C1.Cl. The zero-order chi connectivity index (χ0) is 9.97. The molecule has 4 nitrogen and oxygen atoms in total. The molecule has 2 rings (SSSR count). The van der Waals surface area contributed by atoms with Crippen LogP contribution in [0, 0.1) is 0 Å². The maximum atomic E-state index is 11.9. The number of nitrogens with zero attached hydrogens (tertiary/aromatic N) is 1. The molecule has 1 N–H and O–H groups in total. The molecule has 2 heterocycles. The summed E-state index contributed by atoms with van der Waals surface area (Å²) in [5.41, 5.74) is 0. The molecule has 0 aromatic heterocycles. The van der Waals surface area contributed by atoms with Gasteiger partial charge in [-0.3, -0.25) is 10.1 Å². The second-order valence-electron chi connectivity index (χ2n) is 3.70. The Morgan fingerprint density at radius 3 is 2.93 bits per heavy atom. The average Bonchev–Trinajstić information content (AvgIpc) is 2.88. The maximum Gasteiger partial charge on any atom is 0.240 e. The summed E-state index contributed by atoms with van der Waals surface area (Å²) in [4.78, 5) is 13.8. The zero-order valence-electron chi connectivity index (χ0n) is 8.77. The van der Waals surface area contributed by atoms with E-state index in [1.165, 1.54) is 0 Å². The molecule has 2 saturated heterocycles. The number of carbonyl (C=O) groups is 1. The third-order valence-corrected chi connectivity index (χ3v) is 3.74. The van der Waals surface area contributed by atoms with Crippen molar-refractivity contribution >= 4 is 30.1 Å². The number of rotatable bonds is 2. The van der Waals surface area contributed by atoms with E-state index in [9.17, 15) is 4.79 Å². The highest BCUT2D eigenvalue weighted by Crippen LogP contribution is 2.17. The van der Waals surface area contributed by atoms with E-state index < -0.39 is 0 Å². The summed E-state index contributed by atoms with van der Waals surface area (Å²) < 4.78 is 5.23. The van der Waals surface area contributed by atoms with Crippen LogP contribution in [0.1, 0.15) is 6.42 Å². The minimum absolute atomic E-state index is 0. The molecule has 2 aliphatic rings. The van der Waals surface area contributed by atoms with Gasteiger partial charge in [0, 0.05) is 31.8 Å². The van der Waals surface area contributed by atoms with Gasteiger partial charge in [0.2, 0.25) is 5.91 Å². The molecular formula is C9H17ClN2O2S. The van der Waals surface area contributed by atoms with Gasteiger partial charge in [0.15, 0.2) is 0 Å². The molecule has 1 unspecified atom stereocenters. The fraction of sp³-hybridized carbons (Fsp3) is 0.889. The van der Waals surface area contributed by atoms with Gasteiger partial charge in [0.25, 0.3) is 0 Å². The van der Waals surface area contributed by atoms with Crippen molar-refractivity contribution in [2.75, 3.05) is 31.8 Å². The lowest BCUT2D eigenvalue weighted by Gasteiger charge is -2.19. The standard InChI is InChI=1S/C9H16N2O2S.ClH/c1-13-7-2-3-11(4-7)9(12)8-5-14-6-10-8;/h7-8,10H,2-6H2,1H3;1H/t7-,8?;/m1./s1. The summed E-state index contributed by atoms with van der Waals surface area (Å²) in [6.07, 6.45) is 1.22. The number of hydrogen-bond donors (Lipinski definition) is 1. The normalized spacial score (nSPS) is 30.3. The largest absolute Gasteiger partial charge is 0.380 e. The van der Waals surface area contributed by atoms with Crippen molar-refractivity contribution in [2.24, 2.45) is 0 Å². The van der Waals surface area contributed by atoms with E-state index in [4.69, 9.17) is 4.74 Å². The number of carbonyl (C=O) groups excluding carboxylic acids is 1. The van der Waals surface area contributed by atoms with Gasteiger partial charge in [-0.15, -0.1) is 24.2 Å². The van der Waals surface area contributed by atoms with Crippen LogP contribution < -0.4 is 5.32 Å². The van der Waals surface area contributed by atoms with Crippen LogP contribution in [0.3, 0.4) is 0 Å². The Hall–Kier alpha value is 0.0300. The zero-order valence-corrected chi connectivity index (χ0v) is 10.4. The Morgan fingerprint density at radius 1 is 1.60 bits per heavy atom. The molecule has 15 heavy (non-hydrogen) atoms. The van der Waals surface area contributed by atoms with Crippen LogP contribution >= 0.6 is 24.2 Å². The Morgan fingerprint density at radius 2 is 2.40 bits per heavy atom. The predicted octanol–water partition coefficient (Wildman–Crippen LogP) is 0.318. The van der Waals surface area contributed by atoms with Gasteiger partial charge >= 0.3 is 0 Å². The molecule has 0 bridgehead atoms. The van der Waals surface area contributed by atoms with Crippen LogP contribution in [-0.4, -0.2) is 54.8 Å². The summed E-state index contributed by atoms with van der Waals surface area (Å²) in [7, 11) is 1.71. The van der Waals surface area contributed by atoms with E-state index in [-0.39, 0.29) is 30.5 Å². The van der Waals surface area contributed by atoms with Gasteiger partial charge in [-0.2, -0.15) is 0 Å². The Balaban J connectivity index is 0.00000112. The molecule has 2 aliphatic heterocycles. The molecule has 0 saturated carbocycles. The first-order valence-electron chi connectivity index (χ1n) is 4.94. The lowest BCUT2D eigenvalue weighted by Crippen LogP contribution is -2.44. The van der Waals surface area contributed by atoms with Gasteiger partial charge in [-0.25, -0.2) is 0 Å². The molecule has 6 heteroatoms. The van der Waals surface area contributed by atoms with Crippen LogP contribution in [0.2, 0.25) is 0 Å². The first-order chi connectivity index (χ1) is 6.81. The lowest BCUT2D eigenvalue weighted by molar-refractivity contribution is -0.132. The molecule has 0 radical (unpaired) electrons. The Kier molecular flexibility index (Phi) is 5.18. The van der Waals surface area contributed by atoms with Crippen LogP contribution in [0.15, 0.2) is 0 Å². The second-order valence-corrected chi connectivity index (χ2v) is 4.73. The molecule has 1 amide bonds. The van der Waals surface area contributed by atoms with E-state index in [2.05, 4.69) is 5.32 Å². The van der Waals surface area contributed by atoms with E-state index in [0.29, 0.717) is 0 Å². The molecule has 88 valence electrons. The molecule has 0 aliphatic carbocycles. The number of likely N-dealkylation sites (tertiary alicyclic amines) is 1. The summed E-state index contributed by atoms with van der Waals surface area (Å²) in [6, 6.07) is 0.0376. The number of halogens is 1. The predicted molar refractivity (Wildman–Crippen MR) is 63.5 cm³/mol. The highest BCUT2D eigenvalue weighted by atomic mass is 35.5. The number of amides is 1. The number of methoxy groups -OCH3 is 1. The number of thioether (sulfide) groups is 1. The van der Waals surface area contributed by atoms with Gasteiger partial charge in [-0.05, 0) is 6.42 Å². The van der Waals surface area contributed by atoms with Crippen molar-refractivity contribution in [1.82, 2.24) is 10.2 Å². The summed E-state index contributed by atoms with van der Waals surface area (Å²) in [5, 5.41) is 3.20. The quantitative estimate of drug-likeness (QED) is 0.769. The monoisotopic (exact) mass is 252 g/mol. The van der Waals surface area contributed by atoms with Crippen LogP contribution in [0.25, 0.3) is 0 Å². The van der Waals surface area contributed by atoms with Crippen molar-refractivity contribution in [3.63, 3.8) is 0 Å². The third kappa shape index (κ3) is 3.00. The van der Waals surface area contributed by atoms with Crippen molar-refractivity contribution in [2.45, 2.75) is 18.6 Å². The van der Waals surface area contributed by atoms with Gasteiger partial charge in [-0.1, -0.05) is 0 Å². The van der Waals surface area contributed by atoms with Crippen LogP contribution in [-0.2, 0) is 9.53 Å². The summed E-state index contributed by atoms with van der Waals surface area (Å²) in [5.74, 6) is 2.06. The summed E-state index contributed by atoms with van der Waals surface area (Å²) >= 11 is 1.79. The molecular weight excluding hydrogens is 236 g/mol. The van der Waals surface area contributed by atoms with Crippen molar-refractivity contribution in [3.8, 4) is 0 Å². The van der Waals surface area contributed by atoms with Crippen LogP contribution in [0.5, 0.6) is 0 Å². The molecule has 2 atom stereocenters. The van der Waals surface area contributed by atoms with Crippen molar-refractivity contribution in [3.05, 3.63) is 0 Å². The molecule has 0 aromatic rings. The van der Waals surface area contributed by atoms with Gasteiger partial charge in [0.1, 0.15) is 0 Å². The molecule has 2 fully saturated rings. The van der Waals surface area contributed by atoms with E-state index in [0.717, 1.165) is 31.1 Å². The molecule has 0 aromatic carbocycles. The van der Waals surface area contributed by atoms with Crippen LogP contribution in [0.4, 0.5) is 0 Å². The topological polar surface area (TPSA) is 41.6 Å². The highest BCUT2D eigenvalue weighted by Gasteiger charge is 2.32. The maximum absolute atomic E-state index is 11.9. The van der Waals surface area contributed by atoms with E-state index in [1.54, 1.807) is 18.9 Å². The third-order valence-electron chi connectivity index (χ3n) is 2.80. The lowest BCUT2D eigenvalue weighted by atomic mass is 10.3. The smallest absolute Gasteiger partial charge is 0.240 e. The average molecular weight is 253 g/mol. The Bertz CT molecular complexity index is 224. The van der Waals surface area contributed by atoms with E-state index >= 15 is 0 Å². The molecule has 0 spiro atoms. The number of ether oxygens (including phenoxy) is 1. The summed E-state index contributed by atoms with van der Waals surface area (Å²) in [6.45, 7) is 1.61. The van der Waals surface area contributed by atoms with Crippen molar-refractivity contribution < 1.29 is 9.53 Å². The van der Waals surface area contributed by atoms with Crippen molar-refractivity contribution in [1.29, 1.82) is 0 Å². The first kappa shape index (κ1) is 13.1.